The summed E-state index contributed by atoms with van der Waals surface area (Å²) >= 11 is 1.56. The van der Waals surface area contributed by atoms with Crippen molar-refractivity contribution < 1.29 is 4.79 Å². The molecular weight excluding hydrogens is 280 g/mol. The number of nitrogens with one attached hydrogen (secondary N) is 1. The average Bonchev–Trinajstić information content (AvgIpc) is 3.02. The first-order chi connectivity index (χ1) is 10.3. The molecule has 3 nitrogen and oxygen atoms in total. The van der Waals surface area contributed by atoms with E-state index in [4.69, 9.17) is 0 Å². The third-order valence-electron chi connectivity index (χ3n) is 4.02. The van der Waals surface area contributed by atoms with E-state index in [1.54, 1.807) is 11.3 Å². The molecule has 1 aliphatic heterocycles. The first kappa shape index (κ1) is 14.1. The Labute approximate surface area is 129 Å². The van der Waals surface area contributed by atoms with E-state index < -0.39 is 0 Å². The summed E-state index contributed by atoms with van der Waals surface area (Å²) in [5.41, 5.74) is 1.40. The fraction of sp³-hybridized carbons (Fsp3) is 0.353. The summed E-state index contributed by atoms with van der Waals surface area (Å²) in [7, 11) is 0. The lowest BCUT2D eigenvalue weighted by atomic mass is 9.90. The van der Waals surface area contributed by atoms with Gasteiger partial charge >= 0.3 is 6.03 Å². The lowest BCUT2D eigenvalue weighted by Crippen LogP contribution is -2.41. The molecule has 0 saturated carbocycles. The summed E-state index contributed by atoms with van der Waals surface area (Å²) < 4.78 is 0. The van der Waals surface area contributed by atoms with Gasteiger partial charge in [-0.25, -0.2) is 4.79 Å². The summed E-state index contributed by atoms with van der Waals surface area (Å²) in [6.45, 7) is 1.71. The van der Waals surface area contributed by atoms with Crippen LogP contribution in [0.5, 0.6) is 0 Å². The number of urea groups is 1. The van der Waals surface area contributed by atoms with Crippen molar-refractivity contribution in [1.82, 2.24) is 4.90 Å². The summed E-state index contributed by atoms with van der Waals surface area (Å²) in [4.78, 5) is 14.1. The van der Waals surface area contributed by atoms with Gasteiger partial charge in [0, 0.05) is 13.1 Å². The van der Waals surface area contributed by atoms with E-state index in [0.29, 0.717) is 5.92 Å². The van der Waals surface area contributed by atoms with Crippen LogP contribution in [-0.4, -0.2) is 24.0 Å². The molecule has 1 aliphatic rings. The summed E-state index contributed by atoms with van der Waals surface area (Å²) in [5, 5.41) is 5.86. The maximum Gasteiger partial charge on any atom is 0.322 e. The van der Waals surface area contributed by atoms with Crippen molar-refractivity contribution in [3.8, 4) is 0 Å². The van der Waals surface area contributed by atoms with Crippen molar-refractivity contribution in [3.05, 3.63) is 53.4 Å². The van der Waals surface area contributed by atoms with Crippen molar-refractivity contribution in [2.45, 2.75) is 19.3 Å². The van der Waals surface area contributed by atoms with Gasteiger partial charge in [0.05, 0.1) is 5.00 Å². The summed E-state index contributed by atoms with van der Waals surface area (Å²) in [6, 6.07) is 14.6. The number of carbonyl (C=O) groups excluding carboxylic acids is 1. The first-order valence-corrected chi connectivity index (χ1v) is 8.32. The fourth-order valence-corrected chi connectivity index (χ4v) is 3.43. The number of anilines is 1. The molecule has 0 atom stereocenters. The van der Waals surface area contributed by atoms with Crippen molar-refractivity contribution in [2.24, 2.45) is 5.92 Å². The Morgan fingerprint density at radius 1 is 1.14 bits per heavy atom. The van der Waals surface area contributed by atoms with Crippen molar-refractivity contribution in [2.75, 3.05) is 18.4 Å². The molecule has 1 N–H and O–H groups in total. The van der Waals surface area contributed by atoms with Crippen LogP contribution in [0.25, 0.3) is 0 Å². The lowest BCUT2D eigenvalue weighted by Gasteiger charge is -2.32. The summed E-state index contributed by atoms with van der Waals surface area (Å²) in [6.07, 6.45) is 3.31. The van der Waals surface area contributed by atoms with Crippen molar-refractivity contribution >= 4 is 22.4 Å². The Hall–Kier alpha value is -1.81. The highest BCUT2D eigenvalue weighted by molar-refractivity contribution is 7.14. The minimum absolute atomic E-state index is 0.0376. The number of likely N-dealkylation sites (tertiary alicyclic amines) is 1. The van der Waals surface area contributed by atoms with Crippen LogP contribution < -0.4 is 5.32 Å². The number of amides is 2. The maximum atomic E-state index is 12.2. The normalized spacial score (nSPS) is 15.9. The minimum Gasteiger partial charge on any atom is -0.324 e. The molecule has 1 saturated heterocycles. The molecule has 3 rings (SSSR count). The second-order valence-corrected chi connectivity index (χ2v) is 6.48. The molecule has 0 spiro atoms. The zero-order valence-electron chi connectivity index (χ0n) is 12.0. The monoisotopic (exact) mass is 300 g/mol. The van der Waals surface area contributed by atoms with Gasteiger partial charge in [0.1, 0.15) is 0 Å². The third kappa shape index (κ3) is 3.85. The highest BCUT2D eigenvalue weighted by atomic mass is 32.1. The topological polar surface area (TPSA) is 32.3 Å². The van der Waals surface area contributed by atoms with Gasteiger partial charge in [0.25, 0.3) is 0 Å². The Balaban J connectivity index is 1.47. The van der Waals surface area contributed by atoms with E-state index in [1.807, 2.05) is 22.4 Å². The van der Waals surface area contributed by atoms with E-state index in [0.717, 1.165) is 37.4 Å². The number of carbonyl (C=O) groups is 1. The molecule has 2 heterocycles. The van der Waals surface area contributed by atoms with Gasteiger partial charge in [0.15, 0.2) is 0 Å². The predicted octanol–water partition coefficient (Wildman–Crippen LogP) is 4.23. The standard InChI is InChI=1S/C17H20N2OS/c20-17(18-16-7-4-12-21-16)19-10-8-15(9-11-19)13-14-5-2-1-3-6-14/h1-7,12,15H,8-11,13H2,(H,18,20). The van der Waals surface area contributed by atoms with Gasteiger partial charge in [-0.2, -0.15) is 0 Å². The first-order valence-electron chi connectivity index (χ1n) is 7.44. The molecule has 110 valence electrons. The van der Waals surface area contributed by atoms with E-state index in [-0.39, 0.29) is 6.03 Å². The molecule has 21 heavy (non-hydrogen) atoms. The SMILES string of the molecule is O=C(Nc1cccs1)N1CCC(Cc2ccccc2)CC1. The number of piperidine rings is 1. The van der Waals surface area contributed by atoms with Crippen LogP contribution in [0, 0.1) is 5.92 Å². The van der Waals surface area contributed by atoms with Gasteiger partial charge in [-0.15, -0.1) is 11.3 Å². The highest BCUT2D eigenvalue weighted by Crippen LogP contribution is 2.23. The van der Waals surface area contributed by atoms with Crippen LogP contribution in [0.15, 0.2) is 47.8 Å². The van der Waals surface area contributed by atoms with E-state index in [1.165, 1.54) is 5.56 Å². The molecule has 0 unspecified atom stereocenters. The van der Waals surface area contributed by atoms with Gasteiger partial charge in [-0.1, -0.05) is 30.3 Å². The smallest absolute Gasteiger partial charge is 0.322 e. The third-order valence-corrected chi connectivity index (χ3v) is 4.81. The lowest BCUT2D eigenvalue weighted by molar-refractivity contribution is 0.182. The molecule has 0 bridgehead atoms. The Morgan fingerprint density at radius 3 is 2.57 bits per heavy atom. The number of hydrogen-bond donors (Lipinski definition) is 1. The van der Waals surface area contributed by atoms with Crippen LogP contribution in [-0.2, 0) is 6.42 Å². The van der Waals surface area contributed by atoms with E-state index in [2.05, 4.69) is 35.6 Å². The van der Waals surface area contributed by atoms with E-state index in [9.17, 15) is 4.79 Å². The average molecular weight is 300 g/mol. The molecular formula is C17H20N2OS. The maximum absolute atomic E-state index is 12.2. The second-order valence-electron chi connectivity index (χ2n) is 5.53. The number of rotatable bonds is 3. The molecule has 1 aromatic carbocycles. The minimum atomic E-state index is 0.0376. The van der Waals surface area contributed by atoms with Gasteiger partial charge in [-0.3, -0.25) is 5.32 Å². The zero-order valence-corrected chi connectivity index (χ0v) is 12.8. The van der Waals surface area contributed by atoms with Crippen LogP contribution in [0.1, 0.15) is 18.4 Å². The number of thiophene rings is 1. The van der Waals surface area contributed by atoms with E-state index >= 15 is 0 Å². The quantitative estimate of drug-likeness (QED) is 0.903. The second kappa shape index (κ2) is 6.76. The van der Waals surface area contributed by atoms with Gasteiger partial charge in [-0.05, 0) is 48.3 Å². The molecule has 0 aliphatic carbocycles. The number of hydrogen-bond acceptors (Lipinski definition) is 2. The molecule has 4 heteroatoms. The largest absolute Gasteiger partial charge is 0.324 e. The highest BCUT2D eigenvalue weighted by Gasteiger charge is 2.23. The molecule has 2 amide bonds. The Morgan fingerprint density at radius 2 is 1.90 bits per heavy atom. The van der Waals surface area contributed by atoms with Crippen molar-refractivity contribution in [1.29, 1.82) is 0 Å². The molecule has 2 aromatic rings. The van der Waals surface area contributed by atoms with Crippen LogP contribution in [0.2, 0.25) is 0 Å². The summed E-state index contributed by atoms with van der Waals surface area (Å²) in [5.74, 6) is 0.693. The number of benzene rings is 1. The van der Waals surface area contributed by atoms with Crippen LogP contribution in [0.3, 0.4) is 0 Å². The number of nitrogens with zero attached hydrogens (tertiary/aromatic N) is 1. The zero-order chi connectivity index (χ0) is 14.5. The van der Waals surface area contributed by atoms with Gasteiger partial charge < -0.3 is 4.90 Å². The molecule has 1 fully saturated rings. The Kier molecular flexibility index (Phi) is 4.55. The van der Waals surface area contributed by atoms with Crippen molar-refractivity contribution in [3.63, 3.8) is 0 Å². The van der Waals surface area contributed by atoms with Gasteiger partial charge in [0.2, 0.25) is 0 Å². The molecule has 1 aromatic heterocycles. The predicted molar refractivity (Wildman–Crippen MR) is 87.8 cm³/mol. The Bertz CT molecular complexity index is 560. The van der Waals surface area contributed by atoms with Crippen LogP contribution in [0.4, 0.5) is 9.80 Å². The molecule has 0 radical (unpaired) electrons. The van der Waals surface area contributed by atoms with Crippen LogP contribution >= 0.6 is 11.3 Å². The fourth-order valence-electron chi connectivity index (χ4n) is 2.82.